The third kappa shape index (κ3) is 3.31. The Kier molecular flexibility index (Phi) is 5.02. The third-order valence-electron chi connectivity index (χ3n) is 3.59. The third-order valence-corrected chi connectivity index (χ3v) is 4.88. The average molecular weight is 291 g/mol. The van der Waals surface area contributed by atoms with Crippen LogP contribution < -0.4 is 5.32 Å². The van der Waals surface area contributed by atoms with Crippen LogP contribution >= 0.6 is 11.8 Å². The van der Waals surface area contributed by atoms with E-state index in [0.29, 0.717) is 22.4 Å². The van der Waals surface area contributed by atoms with Crippen LogP contribution in [0.15, 0.2) is 23.2 Å². The van der Waals surface area contributed by atoms with E-state index in [2.05, 4.69) is 24.2 Å². The molecule has 3 nitrogen and oxygen atoms in total. The molecule has 0 radical (unpaired) electrons. The van der Waals surface area contributed by atoms with Gasteiger partial charge in [0.15, 0.2) is 5.17 Å². The monoisotopic (exact) mass is 291 g/mol. The lowest BCUT2D eigenvalue weighted by Gasteiger charge is -2.18. The van der Waals surface area contributed by atoms with Crippen LogP contribution in [0.25, 0.3) is 0 Å². The molecule has 1 unspecified atom stereocenters. The van der Waals surface area contributed by atoms with Crippen LogP contribution in [0, 0.1) is 23.1 Å². The Balaban J connectivity index is 2.01. The highest BCUT2D eigenvalue weighted by Crippen LogP contribution is 2.31. The van der Waals surface area contributed by atoms with Gasteiger partial charge in [-0.15, -0.1) is 0 Å². The number of halogens is 1. The first-order chi connectivity index (χ1) is 9.67. The minimum absolute atomic E-state index is 0.323. The standard InChI is InChI=1S/C15H18FN3S/c1-3-11(4-2)14-9-18-15(20-14)19-13-6-5-10(8-17)7-12(13)16/h5-7,11,14H,3-4,9H2,1-2H3,(H,18,19). The molecular weight excluding hydrogens is 273 g/mol. The zero-order valence-electron chi connectivity index (χ0n) is 11.7. The zero-order valence-corrected chi connectivity index (χ0v) is 12.5. The molecule has 1 N–H and O–H groups in total. The van der Waals surface area contributed by atoms with Crippen LogP contribution in [-0.4, -0.2) is 17.0 Å². The number of nitrogens with one attached hydrogen (secondary N) is 1. The van der Waals surface area contributed by atoms with E-state index in [9.17, 15) is 4.39 Å². The van der Waals surface area contributed by atoms with E-state index >= 15 is 0 Å². The van der Waals surface area contributed by atoms with Gasteiger partial charge in [0.05, 0.1) is 23.9 Å². The Morgan fingerprint density at radius 1 is 1.50 bits per heavy atom. The summed E-state index contributed by atoms with van der Waals surface area (Å²) < 4.78 is 13.8. The van der Waals surface area contributed by atoms with Gasteiger partial charge in [0.2, 0.25) is 0 Å². The van der Waals surface area contributed by atoms with Crippen molar-refractivity contribution in [3.05, 3.63) is 29.6 Å². The summed E-state index contributed by atoms with van der Waals surface area (Å²) in [5.41, 5.74) is 0.699. The van der Waals surface area contributed by atoms with Crippen LogP contribution in [0.2, 0.25) is 0 Å². The molecule has 1 heterocycles. The molecule has 0 bridgehead atoms. The molecule has 20 heavy (non-hydrogen) atoms. The van der Waals surface area contributed by atoms with Crippen molar-refractivity contribution < 1.29 is 4.39 Å². The van der Waals surface area contributed by atoms with Gasteiger partial charge < -0.3 is 5.32 Å². The van der Waals surface area contributed by atoms with Crippen molar-refractivity contribution in [3.8, 4) is 6.07 Å². The van der Waals surface area contributed by atoms with E-state index in [1.807, 2.05) is 6.07 Å². The van der Waals surface area contributed by atoms with Crippen molar-refractivity contribution in [2.45, 2.75) is 31.9 Å². The second-order valence-electron chi connectivity index (χ2n) is 4.81. The second kappa shape index (κ2) is 6.76. The van der Waals surface area contributed by atoms with Gasteiger partial charge in [-0.1, -0.05) is 38.5 Å². The van der Waals surface area contributed by atoms with Crippen molar-refractivity contribution in [2.24, 2.45) is 10.9 Å². The maximum Gasteiger partial charge on any atom is 0.161 e. The molecule has 0 amide bonds. The van der Waals surface area contributed by atoms with Crippen LogP contribution in [0.1, 0.15) is 32.3 Å². The fraction of sp³-hybridized carbons (Fsp3) is 0.467. The highest BCUT2D eigenvalue weighted by molar-refractivity contribution is 8.15. The summed E-state index contributed by atoms with van der Waals surface area (Å²) in [6.07, 6.45) is 2.28. The van der Waals surface area contributed by atoms with Gasteiger partial charge in [-0.05, 0) is 24.1 Å². The van der Waals surface area contributed by atoms with Gasteiger partial charge in [0.1, 0.15) is 5.82 Å². The summed E-state index contributed by atoms with van der Waals surface area (Å²) in [5, 5.41) is 13.0. The van der Waals surface area contributed by atoms with Crippen molar-refractivity contribution in [1.29, 1.82) is 5.26 Å². The molecule has 0 saturated carbocycles. The molecule has 0 aliphatic carbocycles. The number of amidine groups is 1. The summed E-state index contributed by atoms with van der Waals surface area (Å²) >= 11 is 1.69. The van der Waals surface area contributed by atoms with E-state index < -0.39 is 5.82 Å². The summed E-state index contributed by atoms with van der Waals surface area (Å²) in [6, 6.07) is 6.35. The number of benzene rings is 1. The lowest BCUT2D eigenvalue weighted by Crippen LogP contribution is -2.17. The molecular formula is C15H18FN3S. The smallest absolute Gasteiger partial charge is 0.161 e. The maximum absolute atomic E-state index is 13.8. The van der Waals surface area contributed by atoms with Crippen molar-refractivity contribution in [2.75, 3.05) is 11.9 Å². The molecule has 106 valence electrons. The molecule has 1 atom stereocenters. The van der Waals surface area contributed by atoms with Crippen LogP contribution in [0.5, 0.6) is 0 Å². The molecule has 1 aromatic rings. The predicted octanol–water partition coefficient (Wildman–Crippen LogP) is 4.02. The first-order valence-corrected chi connectivity index (χ1v) is 7.73. The summed E-state index contributed by atoms with van der Waals surface area (Å²) in [4.78, 5) is 4.45. The number of hydrogen-bond acceptors (Lipinski definition) is 4. The van der Waals surface area contributed by atoms with E-state index in [0.717, 1.165) is 24.6 Å². The minimum atomic E-state index is -0.418. The molecule has 0 spiro atoms. The summed E-state index contributed by atoms with van der Waals surface area (Å²) in [5.74, 6) is 0.229. The average Bonchev–Trinajstić information content (AvgIpc) is 2.91. The minimum Gasteiger partial charge on any atom is -0.333 e. The molecule has 0 aromatic heterocycles. The molecule has 1 aromatic carbocycles. The molecule has 0 saturated heterocycles. The Bertz CT molecular complexity index is 547. The Morgan fingerprint density at radius 2 is 2.25 bits per heavy atom. The largest absolute Gasteiger partial charge is 0.333 e. The molecule has 2 rings (SSSR count). The Hall–Kier alpha value is -1.54. The fourth-order valence-electron chi connectivity index (χ4n) is 2.32. The van der Waals surface area contributed by atoms with Gasteiger partial charge in [0, 0.05) is 5.25 Å². The van der Waals surface area contributed by atoms with E-state index in [1.54, 1.807) is 23.9 Å². The first-order valence-electron chi connectivity index (χ1n) is 6.85. The Labute approximate surface area is 123 Å². The lowest BCUT2D eigenvalue weighted by atomic mass is 9.99. The number of anilines is 1. The number of nitriles is 1. The van der Waals surface area contributed by atoms with Crippen molar-refractivity contribution in [1.82, 2.24) is 0 Å². The molecule has 5 heteroatoms. The fourth-order valence-corrected chi connectivity index (χ4v) is 3.65. The number of thioether (sulfide) groups is 1. The molecule has 1 aliphatic heterocycles. The predicted molar refractivity (Wildman–Crippen MR) is 82.5 cm³/mol. The van der Waals surface area contributed by atoms with Crippen molar-refractivity contribution in [3.63, 3.8) is 0 Å². The highest BCUT2D eigenvalue weighted by Gasteiger charge is 2.26. The van der Waals surface area contributed by atoms with Crippen LogP contribution in [0.3, 0.4) is 0 Å². The molecule has 1 aliphatic rings. The Morgan fingerprint density at radius 3 is 2.85 bits per heavy atom. The topological polar surface area (TPSA) is 48.2 Å². The van der Waals surface area contributed by atoms with Gasteiger partial charge in [-0.2, -0.15) is 5.26 Å². The van der Waals surface area contributed by atoms with Gasteiger partial charge >= 0.3 is 0 Å². The lowest BCUT2D eigenvalue weighted by molar-refractivity contribution is 0.479. The van der Waals surface area contributed by atoms with Crippen LogP contribution in [-0.2, 0) is 0 Å². The van der Waals surface area contributed by atoms with Gasteiger partial charge in [-0.3, -0.25) is 4.99 Å². The number of rotatable bonds is 4. The SMILES string of the molecule is CCC(CC)C1CN=C(Nc2ccc(C#N)cc2F)S1. The van der Waals surface area contributed by atoms with E-state index in [-0.39, 0.29) is 0 Å². The highest BCUT2D eigenvalue weighted by atomic mass is 32.2. The van der Waals surface area contributed by atoms with E-state index in [1.165, 1.54) is 6.07 Å². The van der Waals surface area contributed by atoms with Crippen molar-refractivity contribution >= 4 is 22.6 Å². The normalized spacial score (nSPS) is 17.9. The second-order valence-corrected chi connectivity index (χ2v) is 6.04. The number of aliphatic imine (C=N–C) groups is 1. The zero-order chi connectivity index (χ0) is 14.5. The van der Waals surface area contributed by atoms with Gasteiger partial charge in [-0.25, -0.2) is 4.39 Å². The first kappa shape index (κ1) is 14.9. The van der Waals surface area contributed by atoms with E-state index in [4.69, 9.17) is 5.26 Å². The maximum atomic E-state index is 13.8. The summed E-state index contributed by atoms with van der Waals surface area (Å²) in [6.45, 7) is 5.18. The summed E-state index contributed by atoms with van der Waals surface area (Å²) in [7, 11) is 0. The number of hydrogen-bond donors (Lipinski definition) is 1. The quantitative estimate of drug-likeness (QED) is 0.911. The molecule has 0 fully saturated rings. The number of nitrogens with zero attached hydrogens (tertiary/aromatic N) is 2. The van der Waals surface area contributed by atoms with Crippen LogP contribution in [0.4, 0.5) is 10.1 Å². The van der Waals surface area contributed by atoms with Gasteiger partial charge in [0.25, 0.3) is 0 Å².